The number of likely N-dealkylation sites (tertiary alicyclic amines) is 1. The Bertz CT molecular complexity index is 593. The third-order valence-electron chi connectivity index (χ3n) is 4.44. The van der Waals surface area contributed by atoms with Crippen molar-refractivity contribution in [2.45, 2.75) is 38.3 Å². The number of hydrogen-bond donors (Lipinski definition) is 2. The van der Waals surface area contributed by atoms with Crippen LogP contribution in [0.3, 0.4) is 0 Å². The van der Waals surface area contributed by atoms with Gasteiger partial charge in [0, 0.05) is 55.7 Å². The van der Waals surface area contributed by atoms with Crippen molar-refractivity contribution in [3.63, 3.8) is 0 Å². The summed E-state index contributed by atoms with van der Waals surface area (Å²) in [5, 5.41) is 6.37. The lowest BCUT2D eigenvalue weighted by Crippen LogP contribution is -2.39. The maximum atomic E-state index is 12.2. The third-order valence-corrected chi connectivity index (χ3v) is 5.57. The highest BCUT2D eigenvalue weighted by Crippen LogP contribution is 2.18. The van der Waals surface area contributed by atoms with Crippen molar-refractivity contribution in [1.29, 1.82) is 0 Å². The summed E-state index contributed by atoms with van der Waals surface area (Å²) in [6.45, 7) is 2.44. The number of thioether (sulfide) groups is 1. The summed E-state index contributed by atoms with van der Waals surface area (Å²) in [5.41, 5.74) is 1.87. The number of amides is 2. The molecule has 2 N–H and O–H groups in total. The summed E-state index contributed by atoms with van der Waals surface area (Å²) in [6.07, 6.45) is 3.23. The van der Waals surface area contributed by atoms with Crippen LogP contribution in [0.5, 0.6) is 0 Å². The Morgan fingerprint density at radius 3 is 3.00 bits per heavy atom. The number of anilines is 1. The minimum absolute atomic E-state index is 0. The van der Waals surface area contributed by atoms with Gasteiger partial charge in [0.05, 0.1) is 0 Å². The van der Waals surface area contributed by atoms with Crippen molar-refractivity contribution in [1.82, 2.24) is 10.2 Å². The molecule has 0 radical (unpaired) electrons. The molecule has 2 fully saturated rings. The molecule has 2 aliphatic rings. The predicted molar refractivity (Wildman–Crippen MR) is 105 cm³/mol. The van der Waals surface area contributed by atoms with Crippen molar-refractivity contribution in [3.05, 3.63) is 29.8 Å². The van der Waals surface area contributed by atoms with Crippen molar-refractivity contribution < 1.29 is 9.59 Å². The van der Waals surface area contributed by atoms with E-state index in [2.05, 4.69) is 10.6 Å². The van der Waals surface area contributed by atoms with E-state index >= 15 is 0 Å². The van der Waals surface area contributed by atoms with Gasteiger partial charge in [-0.15, -0.1) is 12.4 Å². The van der Waals surface area contributed by atoms with Gasteiger partial charge >= 0.3 is 0 Å². The monoisotopic (exact) mass is 383 g/mol. The summed E-state index contributed by atoms with van der Waals surface area (Å²) in [7, 11) is 0. The summed E-state index contributed by atoms with van der Waals surface area (Å²) in [5.74, 6) is 2.39. The molecule has 3 rings (SSSR count). The van der Waals surface area contributed by atoms with Crippen LogP contribution in [0.25, 0.3) is 0 Å². The van der Waals surface area contributed by atoms with Gasteiger partial charge < -0.3 is 15.5 Å². The first kappa shape index (κ1) is 20.1. The highest BCUT2D eigenvalue weighted by atomic mass is 35.5. The second-order valence-electron chi connectivity index (χ2n) is 6.45. The van der Waals surface area contributed by atoms with Crippen molar-refractivity contribution in [3.8, 4) is 0 Å². The first-order valence-corrected chi connectivity index (χ1v) is 9.84. The number of rotatable bonds is 5. The third kappa shape index (κ3) is 6.20. The lowest BCUT2D eigenvalue weighted by Gasteiger charge is -2.27. The zero-order chi connectivity index (χ0) is 16.8. The van der Waals surface area contributed by atoms with E-state index in [9.17, 15) is 9.59 Å². The Kier molecular flexibility index (Phi) is 8.06. The highest BCUT2D eigenvalue weighted by Gasteiger charge is 2.19. The summed E-state index contributed by atoms with van der Waals surface area (Å²) in [6, 6.07) is 8.09. The molecule has 0 aromatic heterocycles. The fourth-order valence-corrected chi connectivity index (χ4v) is 4.13. The molecule has 0 saturated carbocycles. The van der Waals surface area contributed by atoms with Crippen molar-refractivity contribution in [2.24, 2.45) is 0 Å². The first-order valence-electron chi connectivity index (χ1n) is 8.68. The van der Waals surface area contributed by atoms with Gasteiger partial charge in [-0.25, -0.2) is 0 Å². The highest BCUT2D eigenvalue weighted by molar-refractivity contribution is 7.99. The van der Waals surface area contributed by atoms with E-state index in [1.807, 2.05) is 40.9 Å². The second kappa shape index (κ2) is 10.0. The van der Waals surface area contributed by atoms with Gasteiger partial charge in [0.1, 0.15) is 0 Å². The molecule has 0 spiro atoms. The van der Waals surface area contributed by atoms with Gasteiger partial charge in [0.25, 0.3) is 0 Å². The molecule has 0 aliphatic carbocycles. The van der Waals surface area contributed by atoms with Crippen LogP contribution in [0, 0.1) is 0 Å². The van der Waals surface area contributed by atoms with Gasteiger partial charge in [0.15, 0.2) is 0 Å². The Morgan fingerprint density at radius 1 is 1.36 bits per heavy atom. The fraction of sp³-hybridized carbons (Fsp3) is 0.556. The largest absolute Gasteiger partial charge is 0.338 e. The number of hydrogen-bond acceptors (Lipinski definition) is 4. The van der Waals surface area contributed by atoms with Gasteiger partial charge in [-0.3, -0.25) is 9.59 Å². The Morgan fingerprint density at radius 2 is 2.24 bits per heavy atom. The van der Waals surface area contributed by atoms with Gasteiger partial charge in [-0.2, -0.15) is 11.8 Å². The predicted octanol–water partition coefficient (Wildman–Crippen LogP) is 2.65. The van der Waals surface area contributed by atoms with Crippen LogP contribution in [0.4, 0.5) is 5.69 Å². The lowest BCUT2D eigenvalue weighted by atomic mass is 10.1. The van der Waals surface area contributed by atoms with E-state index in [1.54, 1.807) is 0 Å². The average molecular weight is 384 g/mol. The molecule has 2 heterocycles. The summed E-state index contributed by atoms with van der Waals surface area (Å²) >= 11 is 1.89. The molecular weight excluding hydrogens is 358 g/mol. The number of carbonyl (C=O) groups is 2. The fourth-order valence-electron chi connectivity index (χ4n) is 3.18. The van der Waals surface area contributed by atoms with Crippen molar-refractivity contribution in [2.75, 3.05) is 29.9 Å². The van der Waals surface area contributed by atoms with Gasteiger partial charge in [0.2, 0.25) is 11.8 Å². The minimum atomic E-state index is 0. The SMILES string of the molecule is Cl.O=C(CC1CSCCN1)Nc1cccc(CN2CCCCC2=O)c1. The minimum Gasteiger partial charge on any atom is -0.338 e. The van der Waals surface area contributed by atoms with E-state index in [0.29, 0.717) is 19.4 Å². The molecule has 2 aliphatic heterocycles. The van der Waals surface area contributed by atoms with E-state index in [-0.39, 0.29) is 30.3 Å². The summed E-state index contributed by atoms with van der Waals surface area (Å²) in [4.78, 5) is 26.0. The molecule has 7 heteroatoms. The number of nitrogens with one attached hydrogen (secondary N) is 2. The number of benzene rings is 1. The van der Waals surface area contributed by atoms with Crippen LogP contribution < -0.4 is 10.6 Å². The summed E-state index contributed by atoms with van der Waals surface area (Å²) < 4.78 is 0. The molecule has 1 unspecified atom stereocenters. The molecule has 1 atom stereocenters. The molecule has 25 heavy (non-hydrogen) atoms. The second-order valence-corrected chi connectivity index (χ2v) is 7.60. The molecule has 1 aromatic carbocycles. The Balaban J connectivity index is 0.00000225. The van der Waals surface area contributed by atoms with E-state index in [1.165, 1.54) is 0 Å². The number of nitrogens with zero attached hydrogens (tertiary/aromatic N) is 1. The molecule has 2 amide bonds. The van der Waals surface area contributed by atoms with E-state index in [4.69, 9.17) is 0 Å². The maximum Gasteiger partial charge on any atom is 0.225 e. The standard InChI is InChI=1S/C18H25N3O2S.ClH/c22-17(11-16-13-24-9-7-19-16)20-15-5-3-4-14(10-15)12-21-8-2-1-6-18(21)23;/h3-5,10,16,19H,1-2,6-9,11-13H2,(H,20,22);1H. The van der Waals surface area contributed by atoms with Crippen molar-refractivity contribution >= 4 is 41.7 Å². The van der Waals surface area contributed by atoms with Crippen LogP contribution >= 0.6 is 24.2 Å². The van der Waals surface area contributed by atoms with Gasteiger partial charge in [-0.05, 0) is 30.5 Å². The van der Waals surface area contributed by atoms with Crippen LogP contribution in [0.1, 0.15) is 31.2 Å². The maximum absolute atomic E-state index is 12.2. The number of piperidine rings is 1. The average Bonchev–Trinajstić information content (AvgIpc) is 2.58. The van der Waals surface area contributed by atoms with Crippen LogP contribution in [-0.4, -0.2) is 47.4 Å². The normalized spacial score (nSPS) is 20.7. The molecule has 138 valence electrons. The Hall–Kier alpha value is -1.24. The van der Waals surface area contributed by atoms with Crippen LogP contribution in [0.2, 0.25) is 0 Å². The first-order chi connectivity index (χ1) is 11.7. The van der Waals surface area contributed by atoms with Crippen LogP contribution in [-0.2, 0) is 16.1 Å². The quantitative estimate of drug-likeness (QED) is 0.820. The number of halogens is 1. The molecule has 1 aromatic rings. The molecule has 2 saturated heterocycles. The van der Waals surface area contributed by atoms with E-state index < -0.39 is 0 Å². The topological polar surface area (TPSA) is 61.4 Å². The van der Waals surface area contributed by atoms with E-state index in [0.717, 1.165) is 48.7 Å². The van der Waals surface area contributed by atoms with Gasteiger partial charge in [-0.1, -0.05) is 12.1 Å². The zero-order valence-electron chi connectivity index (χ0n) is 14.3. The smallest absolute Gasteiger partial charge is 0.225 e. The van der Waals surface area contributed by atoms with Crippen LogP contribution in [0.15, 0.2) is 24.3 Å². The molecular formula is C18H26ClN3O2S. The molecule has 5 nitrogen and oxygen atoms in total. The zero-order valence-corrected chi connectivity index (χ0v) is 16.0. The molecule has 0 bridgehead atoms. The lowest BCUT2D eigenvalue weighted by molar-refractivity contribution is -0.133. The Labute approximate surface area is 159 Å². The number of carbonyl (C=O) groups excluding carboxylic acids is 2.